The van der Waals surface area contributed by atoms with E-state index < -0.39 is 5.60 Å². The molecule has 2 atom stereocenters. The Balaban J connectivity index is 1.71. The van der Waals surface area contributed by atoms with Gasteiger partial charge in [0.15, 0.2) is 5.96 Å². The Morgan fingerprint density at radius 3 is 3.04 bits per heavy atom. The molecule has 6 heteroatoms. The summed E-state index contributed by atoms with van der Waals surface area (Å²) in [6, 6.07) is 8.40. The van der Waals surface area contributed by atoms with Crippen LogP contribution in [0, 0.1) is 6.92 Å². The van der Waals surface area contributed by atoms with Gasteiger partial charge in [-0.25, -0.2) is 0 Å². The molecule has 25 heavy (non-hydrogen) atoms. The summed E-state index contributed by atoms with van der Waals surface area (Å²) in [6.07, 6.45) is 0.888. The van der Waals surface area contributed by atoms with E-state index in [-0.39, 0.29) is 6.10 Å². The van der Waals surface area contributed by atoms with Crippen molar-refractivity contribution in [2.45, 2.75) is 32.0 Å². The average Bonchev–Trinajstić information content (AvgIpc) is 3.06. The summed E-state index contributed by atoms with van der Waals surface area (Å²) in [5.74, 6) is 2.69. The van der Waals surface area contributed by atoms with Crippen molar-refractivity contribution in [3.8, 4) is 0 Å². The van der Waals surface area contributed by atoms with E-state index in [4.69, 9.17) is 9.73 Å². The van der Waals surface area contributed by atoms with Gasteiger partial charge in [-0.05, 0) is 37.1 Å². The lowest BCUT2D eigenvalue weighted by molar-refractivity contribution is -0.00854. The summed E-state index contributed by atoms with van der Waals surface area (Å²) in [5, 5.41) is 14.0. The highest BCUT2D eigenvalue weighted by molar-refractivity contribution is 7.99. The lowest BCUT2D eigenvalue weighted by Crippen LogP contribution is -2.49. The predicted molar refractivity (Wildman–Crippen MR) is 104 cm³/mol. The maximum absolute atomic E-state index is 10.6. The molecule has 3 rings (SSSR count). The highest BCUT2D eigenvalue weighted by atomic mass is 32.2. The molecule has 1 aromatic rings. The van der Waals surface area contributed by atoms with Crippen LogP contribution in [-0.2, 0) is 4.74 Å². The van der Waals surface area contributed by atoms with Crippen molar-refractivity contribution in [2.75, 3.05) is 44.3 Å². The Bertz CT molecular complexity index is 602. The summed E-state index contributed by atoms with van der Waals surface area (Å²) in [5.41, 5.74) is 1.86. The van der Waals surface area contributed by atoms with Crippen molar-refractivity contribution in [1.82, 2.24) is 10.2 Å². The number of aliphatic hydroxyl groups is 1. The van der Waals surface area contributed by atoms with Crippen LogP contribution in [0.15, 0.2) is 29.3 Å². The molecule has 2 aliphatic rings. The van der Waals surface area contributed by atoms with Crippen molar-refractivity contribution >= 4 is 17.7 Å². The smallest absolute Gasteiger partial charge is 0.194 e. The van der Waals surface area contributed by atoms with Gasteiger partial charge in [0, 0.05) is 18.8 Å². The Morgan fingerprint density at radius 2 is 2.32 bits per heavy atom. The maximum Gasteiger partial charge on any atom is 0.194 e. The van der Waals surface area contributed by atoms with Crippen molar-refractivity contribution < 1.29 is 9.84 Å². The number of thioether (sulfide) groups is 1. The highest BCUT2D eigenvalue weighted by Crippen LogP contribution is 2.28. The number of nitrogens with zero attached hydrogens (tertiary/aromatic N) is 2. The first-order valence-corrected chi connectivity index (χ1v) is 10.3. The lowest BCUT2D eigenvalue weighted by atomic mass is 10.0. The molecule has 5 nitrogen and oxygen atoms in total. The van der Waals surface area contributed by atoms with Crippen LogP contribution >= 0.6 is 11.8 Å². The minimum atomic E-state index is -0.646. The SMILES string of the molecule is CCNC(=NCC1(O)CCSC1)N1CCOC(c2ccccc2C)C1. The van der Waals surface area contributed by atoms with Crippen molar-refractivity contribution in [3.05, 3.63) is 35.4 Å². The minimum absolute atomic E-state index is 0.0592. The number of guanidine groups is 1. The number of morpholine rings is 1. The summed E-state index contributed by atoms with van der Waals surface area (Å²) in [6.45, 7) is 7.78. The summed E-state index contributed by atoms with van der Waals surface area (Å²) >= 11 is 1.81. The fraction of sp³-hybridized carbons (Fsp3) is 0.632. The quantitative estimate of drug-likeness (QED) is 0.634. The average molecular weight is 364 g/mol. The Kier molecular flexibility index (Phi) is 6.25. The third-order valence-electron chi connectivity index (χ3n) is 4.84. The van der Waals surface area contributed by atoms with Crippen LogP contribution in [0.2, 0.25) is 0 Å². The number of hydrogen-bond donors (Lipinski definition) is 2. The molecule has 0 saturated carbocycles. The van der Waals surface area contributed by atoms with E-state index in [0.717, 1.165) is 43.5 Å². The largest absolute Gasteiger partial charge is 0.387 e. The molecule has 2 unspecified atom stereocenters. The van der Waals surface area contributed by atoms with Crippen LogP contribution in [-0.4, -0.2) is 65.9 Å². The molecule has 2 heterocycles. The number of ether oxygens (including phenoxy) is 1. The van der Waals surface area contributed by atoms with E-state index in [1.54, 1.807) is 0 Å². The predicted octanol–water partition coefficient (Wildman–Crippen LogP) is 2.20. The van der Waals surface area contributed by atoms with Crippen molar-refractivity contribution in [3.63, 3.8) is 0 Å². The number of aliphatic imine (C=N–C) groups is 1. The van der Waals surface area contributed by atoms with E-state index in [0.29, 0.717) is 13.2 Å². The Labute approximate surface area is 154 Å². The molecule has 0 aromatic heterocycles. The van der Waals surface area contributed by atoms with Crippen LogP contribution in [0.4, 0.5) is 0 Å². The molecule has 2 saturated heterocycles. The third kappa shape index (κ3) is 4.68. The number of benzene rings is 1. The van der Waals surface area contributed by atoms with Gasteiger partial charge in [0.2, 0.25) is 0 Å². The van der Waals surface area contributed by atoms with Crippen LogP contribution in [0.5, 0.6) is 0 Å². The Hall–Kier alpha value is -1.24. The monoisotopic (exact) mass is 363 g/mol. The molecule has 0 radical (unpaired) electrons. The summed E-state index contributed by atoms with van der Waals surface area (Å²) in [4.78, 5) is 7.01. The lowest BCUT2D eigenvalue weighted by Gasteiger charge is -2.36. The van der Waals surface area contributed by atoms with E-state index in [9.17, 15) is 5.11 Å². The number of rotatable bonds is 4. The van der Waals surface area contributed by atoms with Gasteiger partial charge in [0.1, 0.15) is 6.10 Å². The fourth-order valence-electron chi connectivity index (χ4n) is 3.35. The van der Waals surface area contributed by atoms with Crippen molar-refractivity contribution in [2.24, 2.45) is 4.99 Å². The first-order chi connectivity index (χ1) is 12.1. The zero-order chi connectivity index (χ0) is 17.7. The molecular formula is C19H29N3O2S. The van der Waals surface area contributed by atoms with Crippen LogP contribution in [0.25, 0.3) is 0 Å². The fourth-order valence-corrected chi connectivity index (χ4v) is 4.63. The van der Waals surface area contributed by atoms with Gasteiger partial charge < -0.3 is 20.1 Å². The molecule has 2 aliphatic heterocycles. The molecular weight excluding hydrogens is 334 g/mol. The molecule has 138 valence electrons. The molecule has 2 N–H and O–H groups in total. The van der Waals surface area contributed by atoms with Crippen LogP contribution in [0.3, 0.4) is 0 Å². The van der Waals surface area contributed by atoms with E-state index in [1.807, 2.05) is 11.8 Å². The second-order valence-electron chi connectivity index (χ2n) is 6.86. The number of aryl methyl sites for hydroxylation is 1. The topological polar surface area (TPSA) is 57.1 Å². The van der Waals surface area contributed by atoms with Gasteiger partial charge in [0.25, 0.3) is 0 Å². The van der Waals surface area contributed by atoms with Gasteiger partial charge in [0.05, 0.1) is 25.3 Å². The van der Waals surface area contributed by atoms with Crippen molar-refractivity contribution in [1.29, 1.82) is 0 Å². The molecule has 2 fully saturated rings. The molecule has 0 aliphatic carbocycles. The first-order valence-electron chi connectivity index (χ1n) is 9.12. The number of nitrogens with one attached hydrogen (secondary N) is 1. The zero-order valence-electron chi connectivity index (χ0n) is 15.2. The highest BCUT2D eigenvalue weighted by Gasteiger charge is 2.32. The first kappa shape index (κ1) is 18.5. The second kappa shape index (κ2) is 8.43. The van der Waals surface area contributed by atoms with Crippen LogP contribution < -0.4 is 5.32 Å². The molecule has 0 bridgehead atoms. The zero-order valence-corrected chi connectivity index (χ0v) is 16.0. The van der Waals surface area contributed by atoms with E-state index in [1.165, 1.54) is 11.1 Å². The second-order valence-corrected chi connectivity index (χ2v) is 7.96. The van der Waals surface area contributed by atoms with Gasteiger partial charge in [-0.2, -0.15) is 11.8 Å². The standard InChI is InChI=1S/C19H29N3O2S/c1-3-20-18(21-13-19(23)8-11-25-14-19)22-9-10-24-17(12-22)16-7-5-4-6-15(16)2/h4-7,17,23H,3,8-14H2,1-2H3,(H,20,21). The third-order valence-corrected chi connectivity index (χ3v) is 6.08. The van der Waals surface area contributed by atoms with Gasteiger partial charge in [-0.15, -0.1) is 0 Å². The molecule has 1 aromatic carbocycles. The van der Waals surface area contributed by atoms with Gasteiger partial charge in [-0.1, -0.05) is 24.3 Å². The summed E-state index contributed by atoms with van der Waals surface area (Å²) in [7, 11) is 0. The van der Waals surface area contributed by atoms with Crippen LogP contribution in [0.1, 0.15) is 30.6 Å². The molecule has 0 amide bonds. The van der Waals surface area contributed by atoms with E-state index in [2.05, 4.69) is 48.3 Å². The Morgan fingerprint density at radius 1 is 1.48 bits per heavy atom. The minimum Gasteiger partial charge on any atom is -0.387 e. The van der Waals surface area contributed by atoms with Gasteiger partial charge >= 0.3 is 0 Å². The maximum atomic E-state index is 10.6. The molecule has 0 spiro atoms. The number of hydrogen-bond acceptors (Lipinski definition) is 4. The van der Waals surface area contributed by atoms with Gasteiger partial charge in [-0.3, -0.25) is 4.99 Å². The van der Waals surface area contributed by atoms with E-state index >= 15 is 0 Å². The normalized spacial score (nSPS) is 27.6. The summed E-state index contributed by atoms with van der Waals surface area (Å²) < 4.78 is 6.02.